The maximum Gasteiger partial charge on any atom is 0.416 e. The van der Waals surface area contributed by atoms with Crippen molar-refractivity contribution >= 4 is 115 Å². The highest BCUT2D eigenvalue weighted by Crippen LogP contribution is 2.41. The number of hydrogen-bond acceptors (Lipinski definition) is 17. The number of aliphatic carboxylic acids is 1. The van der Waals surface area contributed by atoms with Crippen LogP contribution in [-0.2, 0) is 84.4 Å². The summed E-state index contributed by atoms with van der Waals surface area (Å²) in [5.41, 5.74) is 11.0. The summed E-state index contributed by atoms with van der Waals surface area (Å²) >= 11 is 12.2. The summed E-state index contributed by atoms with van der Waals surface area (Å²) in [6.07, 6.45) is -11.2. The van der Waals surface area contributed by atoms with Gasteiger partial charge in [0.1, 0.15) is 17.1 Å². The van der Waals surface area contributed by atoms with Gasteiger partial charge in [0, 0.05) is 73.4 Å². The monoisotopic (exact) mass is 1880 g/mol. The van der Waals surface area contributed by atoms with Crippen LogP contribution in [0.5, 0.6) is 11.5 Å². The van der Waals surface area contributed by atoms with E-state index in [9.17, 15) is 76.7 Å². The average Bonchev–Trinajstić information content (AvgIpc) is 1.71. The molecule has 0 spiro atoms. The van der Waals surface area contributed by atoms with Gasteiger partial charge >= 0.3 is 36.6 Å². The minimum Gasteiger partial charge on any atom is -0.482 e. The second kappa shape index (κ2) is 43.5. The van der Waals surface area contributed by atoms with Crippen LogP contribution in [0.1, 0.15) is 142 Å². The van der Waals surface area contributed by atoms with Crippen molar-refractivity contribution in [2.45, 2.75) is 138 Å². The molecule has 652 valence electrons. The molecule has 0 aliphatic carbocycles. The average molecular weight is 1880 g/mol. The van der Waals surface area contributed by atoms with Crippen LogP contribution in [0.15, 0.2) is 179 Å². The number of aliphatic hydroxyl groups is 1. The molecular weight excluding hydrogens is 1790 g/mol. The number of ether oxygens (including phenoxy) is 3. The lowest BCUT2D eigenvalue weighted by molar-refractivity contribution is -0.157. The summed E-state index contributed by atoms with van der Waals surface area (Å²) < 4.78 is 169. The molecule has 2 N–H and O–H groups in total. The van der Waals surface area contributed by atoms with Gasteiger partial charge in [-0.3, -0.25) is 24.2 Å². The van der Waals surface area contributed by atoms with Gasteiger partial charge in [-0.05, 0) is 296 Å². The fraction of sp³-hybridized carbons (Fsp3) is 0.293. The van der Waals surface area contributed by atoms with Crippen LogP contribution in [0.25, 0.3) is 41.8 Å². The van der Waals surface area contributed by atoms with Crippen molar-refractivity contribution in [3.05, 3.63) is 286 Å². The zero-order valence-corrected chi connectivity index (χ0v) is 74.6. The smallest absolute Gasteiger partial charge is 0.416 e. The molecule has 0 fully saturated rings. The topological polar surface area (TPSA) is 160 Å². The maximum absolute atomic E-state index is 12.9. The third-order valence-corrected chi connectivity index (χ3v) is 27.0. The zero-order valence-electron chi connectivity index (χ0n) is 68.1. The normalized spacial score (nSPS) is 13.0. The first-order valence-corrected chi connectivity index (χ1v) is 44.0. The van der Waals surface area contributed by atoms with Crippen LogP contribution >= 0.6 is 84.0 Å². The second-order valence-corrected chi connectivity index (χ2v) is 37.6. The summed E-state index contributed by atoms with van der Waals surface area (Å²) in [6, 6.07) is 44.1. The van der Waals surface area contributed by atoms with E-state index in [1.807, 2.05) is 108 Å². The maximum atomic E-state index is 12.9. The fourth-order valence-electron chi connectivity index (χ4n) is 12.6. The molecule has 0 amide bonds. The number of esters is 1. The van der Waals surface area contributed by atoms with E-state index in [0.717, 1.165) is 220 Å². The minimum absolute atomic E-state index is 0.0445. The lowest BCUT2D eigenvalue weighted by Crippen LogP contribution is -2.27. The molecule has 14 rings (SSSR count). The van der Waals surface area contributed by atoms with Crippen LogP contribution in [-0.4, -0.2) is 95.8 Å². The van der Waals surface area contributed by atoms with Gasteiger partial charge < -0.3 is 24.4 Å². The Morgan fingerprint density at radius 3 is 1.03 bits per heavy atom. The predicted octanol–water partition coefficient (Wildman–Crippen LogP) is 26.2. The van der Waals surface area contributed by atoms with Crippen molar-refractivity contribution in [1.82, 2.24) is 9.80 Å². The van der Waals surface area contributed by atoms with E-state index in [-0.39, 0.29) is 19.8 Å². The molecule has 0 bridgehead atoms. The Balaban J connectivity index is 0.000000180. The van der Waals surface area contributed by atoms with Crippen molar-refractivity contribution in [1.29, 1.82) is 0 Å². The first kappa shape index (κ1) is 97.4. The number of carbonyl (C=O) groups excluding carboxylic acids is 4. The molecule has 8 heterocycles. The highest BCUT2D eigenvalue weighted by Gasteiger charge is 2.34. The van der Waals surface area contributed by atoms with Crippen molar-refractivity contribution in [2.24, 2.45) is 0 Å². The molecular formula is C92H87BrF12N2O10S6. The third-order valence-electron chi connectivity index (χ3n) is 19.3. The van der Waals surface area contributed by atoms with Crippen LogP contribution < -0.4 is 9.47 Å². The van der Waals surface area contributed by atoms with Crippen molar-refractivity contribution in [3.63, 3.8) is 0 Å². The molecule has 0 atom stereocenters. The Kier molecular flexibility index (Phi) is 34.4. The first-order chi connectivity index (χ1) is 58.0. The quantitative estimate of drug-likeness (QED) is 0.0476. The van der Waals surface area contributed by atoms with Crippen LogP contribution in [0, 0.1) is 41.5 Å². The van der Waals surface area contributed by atoms with E-state index in [4.69, 9.17) is 24.4 Å². The molecule has 0 radical (unpaired) electrons. The molecule has 12 aromatic rings. The van der Waals surface area contributed by atoms with E-state index in [1.54, 1.807) is 47.8 Å². The minimum atomic E-state index is -4.33. The van der Waals surface area contributed by atoms with E-state index >= 15 is 0 Å². The Hall–Kier alpha value is -9.41. The molecule has 31 heteroatoms. The summed E-state index contributed by atoms with van der Waals surface area (Å²) in [6.45, 7) is 21.7. The SMILES string of the molecule is Cc1cc(-c2ccc(C(F)(F)F)cc2)sc1C=O.Cc1cc(-c2ccc(C(F)(F)F)cc2)sc1CN1CCc2ccc(OCC(=O)O)cc2CC1.Cc1cc(-c2ccc(C(F)(F)F)cc2)sc1CN1CCc2ccc(OCC(=O)OC(C)(C)C)cc2CC1.Cc1cc(-c2ccc(C(F)(F)F)cc2)sc1CO.Cc1cc(Br)sc1C=O.Cc1ccsc1C=O. The molecule has 0 saturated carbocycles. The van der Waals surface area contributed by atoms with Gasteiger partial charge in [0.2, 0.25) is 0 Å². The number of halogens is 13. The summed E-state index contributed by atoms with van der Waals surface area (Å²) in [5, 5.41) is 19.8. The summed E-state index contributed by atoms with van der Waals surface area (Å²) in [7, 11) is 0. The number of aldehydes is 3. The number of carbonyl (C=O) groups is 5. The summed E-state index contributed by atoms with van der Waals surface area (Å²) in [4.78, 5) is 67.7. The number of aliphatic hydroxyl groups excluding tert-OH is 1. The molecule has 2 aliphatic rings. The largest absolute Gasteiger partial charge is 0.482 e. The Morgan fingerprint density at radius 1 is 0.407 bits per heavy atom. The van der Waals surface area contributed by atoms with Gasteiger partial charge in [0.25, 0.3) is 0 Å². The van der Waals surface area contributed by atoms with Gasteiger partial charge in [-0.2, -0.15) is 52.7 Å². The molecule has 6 aromatic heterocycles. The fourth-order valence-corrected chi connectivity index (χ4v) is 19.4. The number of rotatable bonds is 18. The molecule has 6 aromatic carbocycles. The second-order valence-electron chi connectivity index (χ2n) is 29.7. The molecule has 123 heavy (non-hydrogen) atoms. The number of hydrogen-bond donors (Lipinski definition) is 2. The van der Waals surface area contributed by atoms with E-state index in [0.29, 0.717) is 21.9 Å². The van der Waals surface area contributed by atoms with Gasteiger partial charge in [-0.25, -0.2) is 9.59 Å². The Bertz CT molecular complexity index is 5540. The van der Waals surface area contributed by atoms with Crippen LogP contribution in [0.2, 0.25) is 0 Å². The molecule has 0 unspecified atom stereocenters. The summed E-state index contributed by atoms with van der Waals surface area (Å²) in [5.74, 6) is -0.165. The third kappa shape index (κ3) is 29.1. The lowest BCUT2D eigenvalue weighted by Gasteiger charge is -2.19. The van der Waals surface area contributed by atoms with Crippen LogP contribution in [0.3, 0.4) is 0 Å². The number of benzene rings is 6. The molecule has 12 nitrogen and oxygen atoms in total. The van der Waals surface area contributed by atoms with E-state index in [1.165, 1.54) is 114 Å². The van der Waals surface area contributed by atoms with Crippen LogP contribution in [0.4, 0.5) is 52.7 Å². The van der Waals surface area contributed by atoms with Gasteiger partial charge in [0.15, 0.2) is 32.1 Å². The first-order valence-electron chi connectivity index (χ1n) is 38.2. The molecule has 0 saturated heterocycles. The number of aryl methyl sites for hydroxylation is 6. The van der Waals surface area contributed by atoms with E-state index < -0.39 is 64.5 Å². The zero-order chi connectivity index (χ0) is 89.9. The Morgan fingerprint density at radius 2 is 0.740 bits per heavy atom. The van der Waals surface area contributed by atoms with Crippen molar-refractivity contribution in [2.75, 3.05) is 39.4 Å². The number of carboxylic acid groups (broad SMARTS) is 1. The number of thiophene rings is 6. The predicted molar refractivity (Wildman–Crippen MR) is 469 cm³/mol. The Labute approximate surface area is 737 Å². The van der Waals surface area contributed by atoms with Gasteiger partial charge in [-0.1, -0.05) is 60.7 Å². The van der Waals surface area contributed by atoms with E-state index in [2.05, 4.69) is 44.8 Å². The lowest BCUT2D eigenvalue weighted by atomic mass is 10.0. The van der Waals surface area contributed by atoms with Crippen molar-refractivity contribution in [3.8, 4) is 53.3 Å². The van der Waals surface area contributed by atoms with Gasteiger partial charge in [0.05, 0.1) is 47.3 Å². The molecule has 2 aliphatic heterocycles. The standard InChI is InChI=1S/C29H32F3NO3S.C25H24F3NO3S.C13H11F3OS.C13H9F3OS.C6H5BrOS.C6H6OS/c1-19-15-25(21-5-8-23(9-6-21)29(30,31)32)37-26(19)17-33-13-11-20-7-10-24(16-22(20)12-14-33)35-18-27(34)36-28(2,3)4;1-16-12-22(18-2-5-20(6-3-18)25(26,27)28)33-23(16)14-29-10-8-17-4-7-21(32-15-24(30)31)13-19(17)9-11-29;2*1-8-6-11(18-12(8)7-17)9-2-4-10(5-3-9)13(14,15)16;1-4-2-6(7)9-5(4)3-8;1-5-2-3-8-6(5)4-7/h5-10,15-16H,11-14,17-18H2,1-4H3;2-7,12-13H,8-11,14-15H2,1H3,(H,30,31);2-6,17H,7H2,1H3;2-7H,1H3;2-3H,1H3;2-4H,1H3. The van der Waals surface area contributed by atoms with Crippen molar-refractivity contribution < 1.29 is 101 Å². The number of fused-ring (bicyclic) bond motifs is 2. The highest BCUT2D eigenvalue weighted by atomic mass is 79.9. The number of nitrogens with zero attached hydrogens (tertiary/aromatic N) is 2. The highest BCUT2D eigenvalue weighted by molar-refractivity contribution is 9.11. The van der Waals surface area contributed by atoms with Gasteiger partial charge in [-0.15, -0.1) is 68.0 Å². The number of carboxylic acids is 1. The number of alkyl halides is 12.